The molecule has 1 aliphatic rings. The number of carbonyl (C=O) groups excluding carboxylic acids is 1. The van der Waals surface area contributed by atoms with Crippen molar-refractivity contribution in [2.24, 2.45) is 0 Å². The number of carbonyl (C=O) groups is 1. The lowest BCUT2D eigenvalue weighted by Gasteiger charge is -2.26. The molecule has 2 aromatic carbocycles. The first-order chi connectivity index (χ1) is 15.0. The van der Waals surface area contributed by atoms with Crippen LogP contribution in [0, 0.1) is 12.7 Å². The SMILES string of the molecule is Cc1ccc(O)c(-c2n[nH]c3c2[C@@H](c2ccccc2F)N(Cc2cccnc2)C3=O)c1. The number of H-pyrrole nitrogens is 1. The van der Waals surface area contributed by atoms with Gasteiger partial charge in [0.1, 0.15) is 23.0 Å². The number of benzene rings is 2. The highest BCUT2D eigenvalue weighted by atomic mass is 19.1. The number of pyridine rings is 1. The van der Waals surface area contributed by atoms with E-state index in [1.807, 2.05) is 13.0 Å². The van der Waals surface area contributed by atoms with Crippen LogP contribution in [0.3, 0.4) is 0 Å². The van der Waals surface area contributed by atoms with Gasteiger partial charge in [0.05, 0.1) is 6.04 Å². The second-order valence-electron chi connectivity index (χ2n) is 7.60. The van der Waals surface area contributed by atoms with Gasteiger partial charge in [0.2, 0.25) is 0 Å². The van der Waals surface area contributed by atoms with E-state index in [1.165, 1.54) is 6.07 Å². The number of phenolic OH excluding ortho intramolecular Hbond substituents is 1. The minimum atomic E-state index is -0.697. The zero-order chi connectivity index (χ0) is 21.5. The number of phenols is 1. The smallest absolute Gasteiger partial charge is 0.273 e. The van der Waals surface area contributed by atoms with Crippen LogP contribution in [0.1, 0.15) is 38.8 Å². The van der Waals surface area contributed by atoms with Gasteiger partial charge in [0, 0.05) is 35.6 Å². The number of halogens is 1. The summed E-state index contributed by atoms with van der Waals surface area (Å²) in [6.07, 6.45) is 3.35. The molecule has 0 bridgehead atoms. The summed E-state index contributed by atoms with van der Waals surface area (Å²) in [7, 11) is 0. The Kier molecular flexibility index (Phi) is 4.51. The standard InChI is InChI=1S/C24H19FN4O2/c1-14-8-9-19(30)17(11-14)21-20-22(28-27-21)24(31)29(13-15-5-4-10-26-12-15)23(20)16-6-2-3-7-18(16)25/h2-12,23,30H,13H2,1H3,(H,27,28)/t23-/m1/s1. The Morgan fingerprint density at radius 1 is 1.16 bits per heavy atom. The molecule has 0 saturated carbocycles. The third kappa shape index (κ3) is 3.15. The number of rotatable bonds is 4. The number of aromatic hydroxyl groups is 1. The summed E-state index contributed by atoms with van der Waals surface area (Å²) in [6.45, 7) is 2.16. The third-order valence-electron chi connectivity index (χ3n) is 5.55. The summed E-state index contributed by atoms with van der Waals surface area (Å²) in [6, 6.07) is 14.6. The lowest BCUT2D eigenvalue weighted by molar-refractivity contribution is 0.0728. The maximum atomic E-state index is 14.9. The zero-order valence-corrected chi connectivity index (χ0v) is 16.7. The fourth-order valence-corrected chi connectivity index (χ4v) is 4.11. The van der Waals surface area contributed by atoms with E-state index in [4.69, 9.17) is 0 Å². The maximum Gasteiger partial charge on any atom is 0.273 e. The average molecular weight is 414 g/mol. The molecule has 1 amide bonds. The van der Waals surface area contributed by atoms with Crippen molar-refractivity contribution in [2.45, 2.75) is 19.5 Å². The number of aromatic amines is 1. The predicted octanol–water partition coefficient (Wildman–Crippen LogP) is 4.37. The van der Waals surface area contributed by atoms with Crippen molar-refractivity contribution < 1.29 is 14.3 Å². The van der Waals surface area contributed by atoms with E-state index in [1.54, 1.807) is 59.8 Å². The number of fused-ring (bicyclic) bond motifs is 1. The summed E-state index contributed by atoms with van der Waals surface area (Å²) in [5.74, 6) is -0.645. The van der Waals surface area contributed by atoms with Gasteiger partial charge in [-0.2, -0.15) is 5.10 Å². The van der Waals surface area contributed by atoms with E-state index in [0.29, 0.717) is 28.1 Å². The van der Waals surface area contributed by atoms with Crippen LogP contribution in [-0.2, 0) is 6.54 Å². The zero-order valence-electron chi connectivity index (χ0n) is 16.7. The summed E-state index contributed by atoms with van der Waals surface area (Å²) < 4.78 is 14.9. The molecule has 31 heavy (non-hydrogen) atoms. The Morgan fingerprint density at radius 2 is 2.00 bits per heavy atom. The summed E-state index contributed by atoms with van der Waals surface area (Å²) in [5.41, 5.74) is 3.92. The van der Waals surface area contributed by atoms with E-state index in [-0.39, 0.29) is 18.2 Å². The van der Waals surface area contributed by atoms with Gasteiger partial charge in [-0.25, -0.2) is 4.39 Å². The van der Waals surface area contributed by atoms with E-state index in [2.05, 4.69) is 15.2 Å². The van der Waals surface area contributed by atoms with Crippen molar-refractivity contribution in [2.75, 3.05) is 0 Å². The minimum Gasteiger partial charge on any atom is -0.507 e. The number of aromatic nitrogens is 3. The Hall–Kier alpha value is -4.00. The van der Waals surface area contributed by atoms with Gasteiger partial charge in [-0.3, -0.25) is 14.9 Å². The lowest BCUT2D eigenvalue weighted by atomic mass is 9.94. The predicted molar refractivity (Wildman–Crippen MR) is 113 cm³/mol. The Labute approximate surface area is 178 Å². The minimum absolute atomic E-state index is 0.0466. The highest BCUT2D eigenvalue weighted by molar-refractivity contribution is 6.00. The molecular formula is C24H19FN4O2. The van der Waals surface area contributed by atoms with Crippen LogP contribution in [0.15, 0.2) is 67.0 Å². The summed E-state index contributed by atoms with van der Waals surface area (Å²) in [4.78, 5) is 19.1. The van der Waals surface area contributed by atoms with Gasteiger partial charge in [-0.1, -0.05) is 35.9 Å². The van der Waals surface area contributed by atoms with Gasteiger partial charge < -0.3 is 10.0 Å². The highest BCUT2D eigenvalue weighted by Crippen LogP contribution is 2.45. The number of hydrogen-bond donors (Lipinski definition) is 2. The monoisotopic (exact) mass is 414 g/mol. The molecule has 0 fully saturated rings. The first-order valence-corrected chi connectivity index (χ1v) is 9.87. The highest BCUT2D eigenvalue weighted by Gasteiger charge is 2.43. The molecule has 0 radical (unpaired) electrons. The topological polar surface area (TPSA) is 82.1 Å². The van der Waals surface area contributed by atoms with Crippen LogP contribution in [-0.4, -0.2) is 31.1 Å². The second-order valence-corrected chi connectivity index (χ2v) is 7.60. The van der Waals surface area contributed by atoms with Gasteiger partial charge in [0.25, 0.3) is 5.91 Å². The fraction of sp³-hybridized carbons (Fsp3) is 0.125. The molecule has 1 atom stereocenters. The number of aryl methyl sites for hydroxylation is 1. The lowest BCUT2D eigenvalue weighted by Crippen LogP contribution is -2.29. The fourth-order valence-electron chi connectivity index (χ4n) is 4.11. The van der Waals surface area contributed by atoms with Crippen molar-refractivity contribution in [1.82, 2.24) is 20.1 Å². The van der Waals surface area contributed by atoms with E-state index >= 15 is 0 Å². The second kappa shape index (κ2) is 7.36. The van der Waals surface area contributed by atoms with Crippen LogP contribution in [0.4, 0.5) is 4.39 Å². The first-order valence-electron chi connectivity index (χ1n) is 9.87. The first kappa shape index (κ1) is 19.0. The van der Waals surface area contributed by atoms with Crippen LogP contribution < -0.4 is 0 Å². The summed E-state index contributed by atoms with van der Waals surface area (Å²) >= 11 is 0. The van der Waals surface area contributed by atoms with Crippen LogP contribution >= 0.6 is 0 Å². The van der Waals surface area contributed by atoms with Crippen molar-refractivity contribution in [3.8, 4) is 17.0 Å². The van der Waals surface area contributed by atoms with Crippen LogP contribution in [0.25, 0.3) is 11.3 Å². The van der Waals surface area contributed by atoms with E-state index in [0.717, 1.165) is 11.1 Å². The molecule has 0 unspecified atom stereocenters. The van der Waals surface area contributed by atoms with E-state index in [9.17, 15) is 14.3 Å². The number of amides is 1. The molecule has 0 aliphatic carbocycles. The average Bonchev–Trinajstić information content (AvgIpc) is 3.31. The Balaban J connectivity index is 1.70. The van der Waals surface area contributed by atoms with Crippen LogP contribution in [0.2, 0.25) is 0 Å². The molecule has 0 spiro atoms. The van der Waals surface area contributed by atoms with E-state index < -0.39 is 11.9 Å². The largest absolute Gasteiger partial charge is 0.507 e. The molecule has 2 aromatic heterocycles. The molecule has 2 N–H and O–H groups in total. The van der Waals surface area contributed by atoms with Crippen LogP contribution in [0.5, 0.6) is 5.75 Å². The third-order valence-corrected chi connectivity index (χ3v) is 5.55. The number of hydrogen-bond acceptors (Lipinski definition) is 4. The quantitative estimate of drug-likeness (QED) is 0.520. The number of nitrogens with one attached hydrogen (secondary N) is 1. The van der Waals surface area contributed by atoms with Crippen molar-refractivity contribution >= 4 is 5.91 Å². The van der Waals surface area contributed by atoms with Gasteiger partial charge in [0.15, 0.2) is 0 Å². The maximum absolute atomic E-state index is 14.9. The van der Waals surface area contributed by atoms with Crippen molar-refractivity contribution in [3.63, 3.8) is 0 Å². The molecule has 154 valence electrons. The molecule has 7 heteroatoms. The normalized spacial score (nSPS) is 15.4. The molecule has 3 heterocycles. The molecule has 4 aromatic rings. The van der Waals surface area contributed by atoms with Gasteiger partial charge in [-0.15, -0.1) is 0 Å². The molecule has 5 rings (SSSR count). The van der Waals surface area contributed by atoms with Gasteiger partial charge >= 0.3 is 0 Å². The number of nitrogens with zero attached hydrogens (tertiary/aromatic N) is 3. The van der Waals surface area contributed by atoms with Crippen molar-refractivity contribution in [3.05, 3.63) is 101 Å². The van der Waals surface area contributed by atoms with Gasteiger partial charge in [-0.05, 0) is 36.8 Å². The van der Waals surface area contributed by atoms with Crippen molar-refractivity contribution in [1.29, 1.82) is 0 Å². The Bertz CT molecular complexity index is 1290. The Morgan fingerprint density at radius 3 is 2.77 bits per heavy atom. The molecule has 6 nitrogen and oxygen atoms in total. The molecule has 1 aliphatic heterocycles. The molecular weight excluding hydrogens is 395 g/mol. The summed E-state index contributed by atoms with van der Waals surface area (Å²) in [5, 5.41) is 17.6. The molecule has 0 saturated heterocycles.